The molecule has 1 aliphatic rings. The van der Waals surface area contributed by atoms with Gasteiger partial charge in [0.1, 0.15) is 5.84 Å². The van der Waals surface area contributed by atoms with E-state index in [-0.39, 0.29) is 5.84 Å². The van der Waals surface area contributed by atoms with E-state index in [1.807, 2.05) is 18.2 Å². The number of hydrogen-bond acceptors (Lipinski definition) is 2. The van der Waals surface area contributed by atoms with E-state index in [0.717, 1.165) is 37.2 Å². The maximum Gasteiger partial charge on any atom is 0.123 e. The van der Waals surface area contributed by atoms with E-state index in [9.17, 15) is 0 Å². The predicted molar refractivity (Wildman–Crippen MR) is 86.3 cm³/mol. The second kappa shape index (κ2) is 6.10. The molecule has 108 valence electrons. The number of nitrogen functional groups attached to an aromatic ring is 1. The SMILES string of the molecule is N=C(N)c1ccccc1CN1CCCc2ccccc2C1. The Bertz CT molecular complexity index is 648. The Morgan fingerprint density at radius 2 is 1.76 bits per heavy atom. The first-order valence-corrected chi connectivity index (χ1v) is 7.45. The molecule has 0 aromatic heterocycles. The second-order valence-electron chi connectivity index (χ2n) is 5.65. The molecule has 0 saturated carbocycles. The van der Waals surface area contributed by atoms with Crippen LogP contribution in [0.2, 0.25) is 0 Å². The molecule has 1 heterocycles. The number of rotatable bonds is 3. The van der Waals surface area contributed by atoms with Gasteiger partial charge < -0.3 is 5.73 Å². The molecule has 2 aromatic rings. The number of nitrogens with one attached hydrogen (secondary N) is 1. The van der Waals surface area contributed by atoms with Crippen LogP contribution in [0.5, 0.6) is 0 Å². The van der Waals surface area contributed by atoms with Gasteiger partial charge in [-0.3, -0.25) is 10.3 Å². The van der Waals surface area contributed by atoms with E-state index in [0.29, 0.717) is 0 Å². The maximum atomic E-state index is 7.71. The molecule has 0 spiro atoms. The van der Waals surface area contributed by atoms with Crippen molar-refractivity contribution in [1.29, 1.82) is 5.41 Å². The van der Waals surface area contributed by atoms with Gasteiger partial charge in [-0.05, 0) is 36.1 Å². The highest BCUT2D eigenvalue weighted by Gasteiger charge is 2.15. The lowest BCUT2D eigenvalue weighted by Gasteiger charge is -2.22. The van der Waals surface area contributed by atoms with Gasteiger partial charge in [0.05, 0.1) is 0 Å². The van der Waals surface area contributed by atoms with Crippen LogP contribution in [0, 0.1) is 5.41 Å². The van der Waals surface area contributed by atoms with Crippen molar-refractivity contribution in [3.8, 4) is 0 Å². The molecule has 0 unspecified atom stereocenters. The molecule has 0 amide bonds. The Morgan fingerprint density at radius 1 is 1.05 bits per heavy atom. The van der Waals surface area contributed by atoms with Gasteiger partial charge in [0.25, 0.3) is 0 Å². The van der Waals surface area contributed by atoms with Crippen LogP contribution < -0.4 is 5.73 Å². The molecule has 0 radical (unpaired) electrons. The van der Waals surface area contributed by atoms with Crippen molar-refractivity contribution >= 4 is 5.84 Å². The summed E-state index contributed by atoms with van der Waals surface area (Å²) in [6.45, 7) is 2.91. The van der Waals surface area contributed by atoms with E-state index >= 15 is 0 Å². The van der Waals surface area contributed by atoms with Crippen LogP contribution in [0.25, 0.3) is 0 Å². The fourth-order valence-electron chi connectivity index (χ4n) is 3.07. The van der Waals surface area contributed by atoms with E-state index in [2.05, 4.69) is 35.2 Å². The normalized spacial score (nSPS) is 15.2. The van der Waals surface area contributed by atoms with Crippen molar-refractivity contribution in [1.82, 2.24) is 4.90 Å². The van der Waals surface area contributed by atoms with Crippen LogP contribution in [-0.4, -0.2) is 17.3 Å². The van der Waals surface area contributed by atoms with Crippen molar-refractivity contribution in [3.05, 3.63) is 70.8 Å². The Morgan fingerprint density at radius 3 is 2.57 bits per heavy atom. The first-order chi connectivity index (χ1) is 10.2. The molecule has 3 heteroatoms. The van der Waals surface area contributed by atoms with Crippen molar-refractivity contribution < 1.29 is 0 Å². The lowest BCUT2D eigenvalue weighted by Crippen LogP contribution is -2.25. The number of hydrogen-bond donors (Lipinski definition) is 2. The Labute approximate surface area is 125 Å². The van der Waals surface area contributed by atoms with Gasteiger partial charge in [0.2, 0.25) is 0 Å². The summed E-state index contributed by atoms with van der Waals surface area (Å²) >= 11 is 0. The summed E-state index contributed by atoms with van der Waals surface area (Å²) in [6, 6.07) is 16.7. The highest BCUT2D eigenvalue weighted by Crippen LogP contribution is 2.21. The fourth-order valence-corrected chi connectivity index (χ4v) is 3.07. The molecule has 0 bridgehead atoms. The third-order valence-corrected chi connectivity index (χ3v) is 4.13. The number of aryl methyl sites for hydroxylation is 1. The molecule has 0 aliphatic carbocycles. The summed E-state index contributed by atoms with van der Waals surface area (Å²) in [7, 11) is 0. The van der Waals surface area contributed by atoms with Gasteiger partial charge in [0, 0.05) is 18.7 Å². The zero-order chi connectivity index (χ0) is 14.7. The van der Waals surface area contributed by atoms with Crippen molar-refractivity contribution in [2.45, 2.75) is 25.9 Å². The minimum atomic E-state index is 0.154. The molecular weight excluding hydrogens is 258 g/mol. The third-order valence-electron chi connectivity index (χ3n) is 4.13. The molecule has 3 N–H and O–H groups in total. The van der Waals surface area contributed by atoms with Gasteiger partial charge in [-0.1, -0.05) is 48.5 Å². The van der Waals surface area contributed by atoms with Crippen LogP contribution in [0.4, 0.5) is 0 Å². The lowest BCUT2D eigenvalue weighted by atomic mass is 10.0. The molecular formula is C18H21N3. The van der Waals surface area contributed by atoms with Crippen molar-refractivity contribution in [2.24, 2.45) is 5.73 Å². The molecule has 0 fully saturated rings. The van der Waals surface area contributed by atoms with Crippen molar-refractivity contribution in [3.63, 3.8) is 0 Å². The van der Waals surface area contributed by atoms with E-state index in [4.69, 9.17) is 11.1 Å². The predicted octanol–water partition coefficient (Wildman–Crippen LogP) is 2.92. The van der Waals surface area contributed by atoms with E-state index in [1.54, 1.807) is 0 Å². The molecule has 1 aliphatic heterocycles. The van der Waals surface area contributed by atoms with E-state index < -0.39 is 0 Å². The highest BCUT2D eigenvalue weighted by molar-refractivity contribution is 5.96. The van der Waals surface area contributed by atoms with Crippen LogP contribution >= 0.6 is 0 Å². The van der Waals surface area contributed by atoms with Gasteiger partial charge >= 0.3 is 0 Å². The zero-order valence-corrected chi connectivity index (χ0v) is 12.2. The monoisotopic (exact) mass is 279 g/mol. The average Bonchev–Trinajstić information content (AvgIpc) is 2.69. The van der Waals surface area contributed by atoms with Crippen molar-refractivity contribution in [2.75, 3.05) is 6.54 Å². The standard InChI is InChI=1S/C18H21N3/c19-18(20)17-10-4-3-8-16(17)13-21-11-5-9-14-6-1-2-7-15(14)12-21/h1-4,6-8,10H,5,9,11-13H2,(H3,19,20). The second-order valence-corrected chi connectivity index (χ2v) is 5.65. The smallest absolute Gasteiger partial charge is 0.123 e. The molecule has 21 heavy (non-hydrogen) atoms. The minimum Gasteiger partial charge on any atom is -0.384 e. The van der Waals surface area contributed by atoms with Crippen LogP contribution in [-0.2, 0) is 19.5 Å². The third kappa shape index (κ3) is 3.14. The molecule has 3 rings (SSSR count). The summed E-state index contributed by atoms with van der Waals surface area (Å²) < 4.78 is 0. The Kier molecular flexibility index (Phi) is 4.02. The van der Waals surface area contributed by atoms with Gasteiger partial charge in [-0.2, -0.15) is 0 Å². The summed E-state index contributed by atoms with van der Waals surface area (Å²) in [6.07, 6.45) is 2.33. The minimum absolute atomic E-state index is 0.154. The van der Waals surface area contributed by atoms with Crippen LogP contribution in [0.1, 0.15) is 28.7 Å². The Balaban J connectivity index is 1.81. The maximum absolute atomic E-state index is 7.71. The quantitative estimate of drug-likeness (QED) is 0.670. The molecule has 2 aromatic carbocycles. The molecule has 0 atom stereocenters. The average molecular weight is 279 g/mol. The van der Waals surface area contributed by atoms with E-state index in [1.165, 1.54) is 17.5 Å². The summed E-state index contributed by atoms with van der Waals surface area (Å²) in [5.41, 5.74) is 10.6. The van der Waals surface area contributed by atoms with Gasteiger partial charge in [0.15, 0.2) is 0 Å². The Hall–Kier alpha value is -2.13. The van der Waals surface area contributed by atoms with Gasteiger partial charge in [-0.25, -0.2) is 0 Å². The number of benzene rings is 2. The van der Waals surface area contributed by atoms with Crippen LogP contribution in [0.15, 0.2) is 48.5 Å². The number of nitrogens with zero attached hydrogens (tertiary/aromatic N) is 1. The van der Waals surface area contributed by atoms with Crippen LogP contribution in [0.3, 0.4) is 0 Å². The lowest BCUT2D eigenvalue weighted by molar-refractivity contribution is 0.261. The first-order valence-electron chi connectivity index (χ1n) is 7.45. The fraction of sp³-hybridized carbons (Fsp3) is 0.278. The van der Waals surface area contributed by atoms with Gasteiger partial charge in [-0.15, -0.1) is 0 Å². The highest BCUT2D eigenvalue weighted by atomic mass is 15.1. The topological polar surface area (TPSA) is 53.1 Å². The summed E-state index contributed by atoms with van der Waals surface area (Å²) in [5, 5.41) is 7.71. The number of nitrogens with two attached hydrogens (primary N) is 1. The largest absolute Gasteiger partial charge is 0.384 e. The first kappa shape index (κ1) is 13.8. The number of amidine groups is 1. The summed E-state index contributed by atoms with van der Waals surface area (Å²) in [4.78, 5) is 2.45. The molecule has 3 nitrogen and oxygen atoms in total. The zero-order valence-electron chi connectivity index (χ0n) is 12.2. The summed E-state index contributed by atoms with van der Waals surface area (Å²) in [5.74, 6) is 0.154. The molecule has 0 saturated heterocycles. The number of fused-ring (bicyclic) bond motifs is 1.